The summed E-state index contributed by atoms with van der Waals surface area (Å²) in [6.07, 6.45) is 0.656. The normalized spacial score (nSPS) is 18.9. The summed E-state index contributed by atoms with van der Waals surface area (Å²) >= 11 is 0. The van der Waals surface area contributed by atoms with Gasteiger partial charge in [-0.25, -0.2) is 13.4 Å². The van der Waals surface area contributed by atoms with Crippen molar-refractivity contribution in [3.05, 3.63) is 52.7 Å². The molecule has 3 heterocycles. The number of pyridine rings is 1. The molecule has 1 aromatic carbocycles. The van der Waals surface area contributed by atoms with E-state index in [1.165, 1.54) is 4.31 Å². The molecular formula is C24H30N4O3S. The Balaban J connectivity index is 1.65. The molecule has 2 aliphatic heterocycles. The molecule has 0 amide bonds. The first-order valence-electron chi connectivity index (χ1n) is 11.0. The van der Waals surface area contributed by atoms with Crippen LogP contribution in [0.5, 0.6) is 0 Å². The predicted molar refractivity (Wildman–Crippen MR) is 123 cm³/mol. The van der Waals surface area contributed by atoms with Crippen LogP contribution >= 0.6 is 0 Å². The van der Waals surface area contributed by atoms with Crippen LogP contribution < -0.4 is 4.90 Å². The van der Waals surface area contributed by atoms with E-state index < -0.39 is 10.0 Å². The second-order valence-electron chi connectivity index (χ2n) is 9.35. The van der Waals surface area contributed by atoms with E-state index in [1.54, 1.807) is 30.3 Å². The number of rotatable bonds is 4. The number of aromatic nitrogens is 1. The molecule has 0 saturated carbocycles. The van der Waals surface area contributed by atoms with Crippen molar-refractivity contribution in [1.82, 2.24) is 9.29 Å². The van der Waals surface area contributed by atoms with Crippen LogP contribution in [0.15, 0.2) is 35.2 Å². The molecule has 1 aromatic heterocycles. The molecule has 0 N–H and O–H groups in total. The molecular weight excluding hydrogens is 424 g/mol. The van der Waals surface area contributed by atoms with Crippen LogP contribution in [-0.4, -0.2) is 49.5 Å². The predicted octanol–water partition coefficient (Wildman–Crippen LogP) is 3.44. The molecule has 4 rings (SSSR count). The summed E-state index contributed by atoms with van der Waals surface area (Å²) < 4.78 is 33.5. The maximum absolute atomic E-state index is 13.0. The second-order valence-corrected chi connectivity index (χ2v) is 11.3. The van der Waals surface area contributed by atoms with Crippen LogP contribution in [0.25, 0.3) is 0 Å². The Morgan fingerprint density at radius 2 is 1.75 bits per heavy atom. The van der Waals surface area contributed by atoms with Gasteiger partial charge in [0.05, 0.1) is 28.4 Å². The van der Waals surface area contributed by atoms with Crippen molar-refractivity contribution in [2.45, 2.75) is 57.1 Å². The van der Waals surface area contributed by atoms with Crippen LogP contribution in [0.1, 0.15) is 56.0 Å². The van der Waals surface area contributed by atoms with Crippen LogP contribution in [0.4, 0.5) is 5.82 Å². The summed E-state index contributed by atoms with van der Waals surface area (Å²) in [4.78, 5) is 7.30. The number of hydrogen-bond acceptors (Lipinski definition) is 6. The minimum atomic E-state index is -3.53. The highest BCUT2D eigenvalue weighted by Crippen LogP contribution is 2.37. The van der Waals surface area contributed by atoms with Gasteiger partial charge in [-0.05, 0) is 37.5 Å². The van der Waals surface area contributed by atoms with Crippen molar-refractivity contribution in [2.24, 2.45) is 0 Å². The average molecular weight is 455 g/mol. The van der Waals surface area contributed by atoms with Gasteiger partial charge in [0.25, 0.3) is 0 Å². The Hall–Kier alpha value is -2.47. The van der Waals surface area contributed by atoms with Crippen molar-refractivity contribution < 1.29 is 13.2 Å². The molecule has 1 saturated heterocycles. The standard InChI is InChI=1S/C24H30N4O3S/c1-17(2)22-21-16-31-24(3,4)14-19(21)20(15-25)23(26-22)27-10-12-28(13-11-27)32(29,30)18-8-6-5-7-9-18/h5-9,17H,10-14,16H2,1-4H3. The average Bonchev–Trinajstić information content (AvgIpc) is 2.77. The van der Waals surface area contributed by atoms with E-state index in [2.05, 4.69) is 24.8 Å². The van der Waals surface area contributed by atoms with Crippen molar-refractivity contribution in [1.29, 1.82) is 5.26 Å². The Bertz CT molecular complexity index is 1150. The highest BCUT2D eigenvalue weighted by molar-refractivity contribution is 7.89. The fourth-order valence-corrected chi connectivity index (χ4v) is 5.93. The maximum atomic E-state index is 13.0. The van der Waals surface area contributed by atoms with E-state index in [1.807, 2.05) is 13.8 Å². The third kappa shape index (κ3) is 4.13. The molecule has 0 bridgehead atoms. The number of fused-ring (bicyclic) bond motifs is 1. The van der Waals surface area contributed by atoms with Crippen molar-refractivity contribution in [2.75, 3.05) is 31.1 Å². The molecule has 0 aliphatic carbocycles. The van der Waals surface area contributed by atoms with Gasteiger partial charge in [-0.15, -0.1) is 0 Å². The van der Waals surface area contributed by atoms with Gasteiger partial charge in [-0.2, -0.15) is 9.57 Å². The fourth-order valence-electron chi connectivity index (χ4n) is 4.48. The minimum Gasteiger partial charge on any atom is -0.370 e. The lowest BCUT2D eigenvalue weighted by Crippen LogP contribution is -2.49. The lowest BCUT2D eigenvalue weighted by molar-refractivity contribution is -0.0408. The van der Waals surface area contributed by atoms with Gasteiger partial charge in [-0.1, -0.05) is 32.0 Å². The molecule has 1 fully saturated rings. The number of hydrogen-bond donors (Lipinski definition) is 0. The molecule has 0 spiro atoms. The molecule has 32 heavy (non-hydrogen) atoms. The van der Waals surface area contributed by atoms with Gasteiger partial charge in [0.15, 0.2) is 0 Å². The molecule has 0 unspecified atom stereocenters. The quantitative estimate of drug-likeness (QED) is 0.703. The van der Waals surface area contributed by atoms with Crippen molar-refractivity contribution in [3.63, 3.8) is 0 Å². The number of nitrogens with zero attached hydrogens (tertiary/aromatic N) is 4. The van der Waals surface area contributed by atoms with E-state index in [0.717, 1.165) is 16.8 Å². The van der Waals surface area contributed by atoms with Crippen LogP contribution in [0.3, 0.4) is 0 Å². The third-order valence-corrected chi connectivity index (χ3v) is 8.13. The van der Waals surface area contributed by atoms with Gasteiger partial charge in [0.1, 0.15) is 11.9 Å². The second kappa shape index (κ2) is 8.47. The fraction of sp³-hybridized carbons (Fsp3) is 0.500. The molecule has 170 valence electrons. The zero-order chi connectivity index (χ0) is 23.1. The Labute approximate surface area is 190 Å². The summed E-state index contributed by atoms with van der Waals surface area (Å²) in [5.41, 5.74) is 3.28. The van der Waals surface area contributed by atoms with Crippen LogP contribution in [-0.2, 0) is 27.8 Å². The first-order valence-corrected chi connectivity index (χ1v) is 12.5. The zero-order valence-electron chi connectivity index (χ0n) is 19.1. The van der Waals surface area contributed by atoms with Gasteiger partial charge in [0.2, 0.25) is 10.0 Å². The van der Waals surface area contributed by atoms with Crippen LogP contribution in [0, 0.1) is 11.3 Å². The molecule has 7 nitrogen and oxygen atoms in total. The van der Waals surface area contributed by atoms with Crippen molar-refractivity contribution >= 4 is 15.8 Å². The lowest BCUT2D eigenvalue weighted by Gasteiger charge is -2.38. The van der Waals surface area contributed by atoms with Gasteiger partial charge in [-0.3, -0.25) is 0 Å². The van der Waals surface area contributed by atoms with E-state index >= 15 is 0 Å². The number of ether oxygens (including phenoxy) is 1. The van der Waals surface area contributed by atoms with E-state index in [0.29, 0.717) is 55.5 Å². The summed E-state index contributed by atoms with van der Waals surface area (Å²) in [7, 11) is -3.53. The summed E-state index contributed by atoms with van der Waals surface area (Å²) in [5, 5.41) is 10.1. The lowest BCUT2D eigenvalue weighted by atomic mass is 9.86. The number of sulfonamides is 1. The monoisotopic (exact) mass is 454 g/mol. The topological polar surface area (TPSA) is 86.5 Å². The number of piperazine rings is 1. The molecule has 8 heteroatoms. The van der Waals surface area contributed by atoms with Gasteiger partial charge < -0.3 is 9.64 Å². The Morgan fingerprint density at radius 3 is 2.34 bits per heavy atom. The van der Waals surface area contributed by atoms with E-state index in [-0.39, 0.29) is 11.5 Å². The zero-order valence-corrected chi connectivity index (χ0v) is 19.9. The summed E-state index contributed by atoms with van der Waals surface area (Å²) in [5.74, 6) is 0.865. The first kappa shape index (κ1) is 22.7. The number of anilines is 1. The van der Waals surface area contributed by atoms with E-state index in [9.17, 15) is 13.7 Å². The Kier molecular flexibility index (Phi) is 6.01. The van der Waals surface area contributed by atoms with Gasteiger partial charge >= 0.3 is 0 Å². The maximum Gasteiger partial charge on any atom is 0.243 e. The smallest absolute Gasteiger partial charge is 0.243 e. The highest BCUT2D eigenvalue weighted by Gasteiger charge is 2.35. The SMILES string of the molecule is CC(C)c1nc(N2CCN(S(=O)(=O)c3ccccc3)CC2)c(C#N)c2c1COC(C)(C)C2. The van der Waals surface area contributed by atoms with Crippen molar-refractivity contribution in [3.8, 4) is 6.07 Å². The van der Waals surface area contributed by atoms with E-state index in [4.69, 9.17) is 9.72 Å². The third-order valence-electron chi connectivity index (χ3n) is 6.21. The molecule has 0 atom stereocenters. The summed E-state index contributed by atoms with van der Waals surface area (Å²) in [6, 6.07) is 10.9. The van der Waals surface area contributed by atoms with Gasteiger partial charge in [0, 0.05) is 38.2 Å². The first-order chi connectivity index (χ1) is 15.1. The highest BCUT2D eigenvalue weighted by atomic mass is 32.2. The minimum absolute atomic E-state index is 0.194. The molecule has 2 aromatic rings. The Morgan fingerprint density at radius 1 is 1.09 bits per heavy atom. The van der Waals surface area contributed by atoms with Crippen LogP contribution in [0.2, 0.25) is 0 Å². The summed E-state index contributed by atoms with van der Waals surface area (Å²) in [6.45, 7) is 10.4. The molecule has 2 aliphatic rings. The number of benzene rings is 1. The largest absolute Gasteiger partial charge is 0.370 e. The number of nitriles is 1. The molecule has 0 radical (unpaired) electrons.